The van der Waals surface area contributed by atoms with E-state index in [1.54, 1.807) is 13.0 Å². The Labute approximate surface area is 216 Å². The Kier molecular flexibility index (Phi) is 7.41. The number of primary amides is 1. The number of nitrogens with two attached hydrogens (primary N) is 1. The number of anilines is 1. The third-order valence-electron chi connectivity index (χ3n) is 5.97. The topological polar surface area (TPSA) is 142 Å². The van der Waals surface area contributed by atoms with Crippen molar-refractivity contribution in [2.24, 2.45) is 5.73 Å². The Morgan fingerprint density at radius 3 is 2.62 bits per heavy atom. The number of rotatable bonds is 7. The Bertz CT molecular complexity index is 1440. The number of aromatic nitrogens is 3. The highest BCUT2D eigenvalue weighted by Crippen LogP contribution is 2.31. The van der Waals surface area contributed by atoms with Gasteiger partial charge in [-0.3, -0.25) is 24.0 Å². The summed E-state index contributed by atoms with van der Waals surface area (Å²) in [6.07, 6.45) is -7.15. The van der Waals surface area contributed by atoms with Crippen LogP contribution >= 0.6 is 0 Å². The van der Waals surface area contributed by atoms with Gasteiger partial charge in [0.1, 0.15) is 24.9 Å². The number of carbonyl (C=O) groups excluding carboxylic acids is 3. The van der Waals surface area contributed by atoms with Gasteiger partial charge in [-0.05, 0) is 25.1 Å². The second kappa shape index (κ2) is 10.4. The van der Waals surface area contributed by atoms with E-state index in [-0.39, 0.29) is 11.2 Å². The SMILES string of the molecule is CO[C@H]1[C@@H](C(=O)Nc2cccc(OC(F)(F)F)c2F)N(C(=O)Cn2nc(C(N)=O)c3cc(C)ncc32)C[C@@H]1F. The normalized spacial score (nSPS) is 19.4. The van der Waals surface area contributed by atoms with Gasteiger partial charge in [0.25, 0.3) is 5.91 Å². The van der Waals surface area contributed by atoms with E-state index in [1.165, 1.54) is 6.20 Å². The first-order valence-corrected chi connectivity index (χ1v) is 11.2. The Balaban J connectivity index is 1.61. The maximum atomic E-state index is 14.8. The van der Waals surface area contributed by atoms with Crippen molar-refractivity contribution in [1.29, 1.82) is 0 Å². The van der Waals surface area contributed by atoms with Crippen molar-refractivity contribution in [2.45, 2.75) is 38.1 Å². The maximum Gasteiger partial charge on any atom is 0.573 e. The highest BCUT2D eigenvalue weighted by atomic mass is 19.4. The fourth-order valence-corrected chi connectivity index (χ4v) is 4.32. The lowest BCUT2D eigenvalue weighted by Crippen LogP contribution is -2.49. The molecule has 208 valence electrons. The molecule has 3 heterocycles. The lowest BCUT2D eigenvalue weighted by molar-refractivity contribution is -0.275. The number of nitrogens with one attached hydrogen (secondary N) is 1. The van der Waals surface area contributed by atoms with Gasteiger partial charge < -0.3 is 25.4 Å². The molecule has 1 fully saturated rings. The number of aryl methyl sites for hydroxylation is 1. The van der Waals surface area contributed by atoms with Gasteiger partial charge in [0.15, 0.2) is 17.3 Å². The number of pyridine rings is 1. The zero-order valence-electron chi connectivity index (χ0n) is 20.3. The number of benzene rings is 1. The molecule has 0 aliphatic carbocycles. The van der Waals surface area contributed by atoms with Gasteiger partial charge in [-0.25, -0.2) is 8.78 Å². The van der Waals surface area contributed by atoms with Gasteiger partial charge in [-0.2, -0.15) is 5.10 Å². The van der Waals surface area contributed by atoms with Crippen molar-refractivity contribution in [3.63, 3.8) is 0 Å². The van der Waals surface area contributed by atoms with E-state index in [2.05, 4.69) is 20.1 Å². The molecule has 1 aliphatic rings. The molecule has 3 N–H and O–H groups in total. The van der Waals surface area contributed by atoms with Crippen LogP contribution in [-0.2, 0) is 20.9 Å². The minimum Gasteiger partial charge on any atom is -0.403 e. The van der Waals surface area contributed by atoms with E-state index in [9.17, 15) is 36.3 Å². The largest absolute Gasteiger partial charge is 0.573 e. The molecule has 0 bridgehead atoms. The molecule has 3 amide bonds. The molecule has 0 radical (unpaired) electrons. The van der Waals surface area contributed by atoms with Gasteiger partial charge in [0.2, 0.25) is 11.8 Å². The monoisotopic (exact) mass is 556 g/mol. The summed E-state index contributed by atoms with van der Waals surface area (Å²) < 4.78 is 76.9. The predicted octanol–water partition coefficient (Wildman–Crippen LogP) is 2.08. The summed E-state index contributed by atoms with van der Waals surface area (Å²) in [6, 6.07) is 2.56. The van der Waals surface area contributed by atoms with Crippen LogP contribution in [0, 0.1) is 12.7 Å². The van der Waals surface area contributed by atoms with Crippen LogP contribution in [0.4, 0.5) is 27.6 Å². The Morgan fingerprint density at radius 1 is 1.26 bits per heavy atom. The fourth-order valence-electron chi connectivity index (χ4n) is 4.32. The van der Waals surface area contributed by atoms with Gasteiger partial charge in [-0.1, -0.05) is 6.07 Å². The van der Waals surface area contributed by atoms with Crippen LogP contribution in [-0.4, -0.2) is 75.7 Å². The van der Waals surface area contributed by atoms with Gasteiger partial charge in [0, 0.05) is 18.2 Å². The van der Waals surface area contributed by atoms with E-state index >= 15 is 0 Å². The first-order valence-electron chi connectivity index (χ1n) is 11.2. The van der Waals surface area contributed by atoms with E-state index in [1.807, 2.05) is 0 Å². The smallest absolute Gasteiger partial charge is 0.403 e. The number of hydrogen-bond donors (Lipinski definition) is 2. The average molecular weight is 556 g/mol. The summed E-state index contributed by atoms with van der Waals surface area (Å²) in [5, 5.41) is 6.46. The number of carbonyl (C=O) groups is 3. The van der Waals surface area contributed by atoms with Crippen molar-refractivity contribution < 1.29 is 45.8 Å². The zero-order chi connectivity index (χ0) is 28.6. The van der Waals surface area contributed by atoms with Crippen molar-refractivity contribution in [3.05, 3.63) is 47.7 Å². The third kappa shape index (κ3) is 5.59. The predicted molar refractivity (Wildman–Crippen MR) is 124 cm³/mol. The maximum absolute atomic E-state index is 14.8. The number of halogens is 5. The number of fused-ring (bicyclic) bond motifs is 1. The molecule has 16 heteroatoms. The van der Waals surface area contributed by atoms with E-state index in [0.717, 1.165) is 28.8 Å². The van der Waals surface area contributed by atoms with Crippen LogP contribution in [0.2, 0.25) is 0 Å². The van der Waals surface area contributed by atoms with Crippen molar-refractivity contribution in [3.8, 4) is 5.75 Å². The standard InChI is InChI=1S/C23H21F5N6O5/c1-10-6-11-14(7-30-10)34(32-18(11)21(29)36)9-16(35)33-8-12(24)20(38-2)19(33)22(37)31-13-4-3-5-15(17(13)25)39-23(26,27)28/h3-7,12,19-20H,8-9H2,1-2H3,(H2,29,36)(H,31,37)/t12-,19-,20+/m0/s1. The highest BCUT2D eigenvalue weighted by Gasteiger charge is 2.49. The van der Waals surface area contributed by atoms with Gasteiger partial charge in [0.05, 0.1) is 23.9 Å². The third-order valence-corrected chi connectivity index (χ3v) is 5.97. The van der Waals surface area contributed by atoms with Gasteiger partial charge >= 0.3 is 6.36 Å². The van der Waals surface area contributed by atoms with E-state index < -0.39 is 72.7 Å². The lowest BCUT2D eigenvalue weighted by Gasteiger charge is -2.26. The molecule has 4 rings (SSSR count). The molecule has 1 aliphatic heterocycles. The van der Waals surface area contributed by atoms with E-state index in [0.29, 0.717) is 17.1 Å². The molecule has 1 saturated heterocycles. The van der Waals surface area contributed by atoms with Crippen molar-refractivity contribution >= 4 is 34.3 Å². The molecule has 1 aromatic carbocycles. The van der Waals surface area contributed by atoms with Crippen molar-refractivity contribution in [2.75, 3.05) is 19.0 Å². The second-order valence-corrected chi connectivity index (χ2v) is 8.58. The molecule has 11 nitrogen and oxygen atoms in total. The Hall–Kier alpha value is -4.34. The van der Waals surface area contributed by atoms with Crippen LogP contribution in [0.15, 0.2) is 30.5 Å². The molecule has 0 saturated carbocycles. The molecule has 3 aromatic rings. The molecule has 0 unspecified atom stereocenters. The number of amides is 3. The first kappa shape index (κ1) is 27.7. The minimum absolute atomic E-state index is 0.131. The van der Waals surface area contributed by atoms with Crippen LogP contribution in [0.25, 0.3) is 10.9 Å². The average Bonchev–Trinajstić information content (AvgIpc) is 3.37. The number of hydrogen-bond acceptors (Lipinski definition) is 7. The summed E-state index contributed by atoms with van der Waals surface area (Å²) in [4.78, 5) is 43.2. The van der Waals surface area contributed by atoms with Crippen LogP contribution in [0.3, 0.4) is 0 Å². The zero-order valence-corrected chi connectivity index (χ0v) is 20.3. The quantitative estimate of drug-likeness (QED) is 0.425. The number of methoxy groups -OCH3 is 1. The molecule has 2 aromatic heterocycles. The molecular formula is C23H21F5N6O5. The van der Waals surface area contributed by atoms with E-state index in [4.69, 9.17) is 10.5 Å². The summed E-state index contributed by atoms with van der Waals surface area (Å²) in [5.74, 6) is -5.55. The summed E-state index contributed by atoms with van der Waals surface area (Å²) >= 11 is 0. The summed E-state index contributed by atoms with van der Waals surface area (Å²) in [5.41, 5.74) is 5.38. The van der Waals surface area contributed by atoms with Crippen molar-refractivity contribution in [1.82, 2.24) is 19.7 Å². The van der Waals surface area contributed by atoms with Gasteiger partial charge in [-0.15, -0.1) is 13.2 Å². The number of nitrogens with zero attached hydrogens (tertiary/aromatic N) is 4. The second-order valence-electron chi connectivity index (χ2n) is 8.58. The number of likely N-dealkylation sites (tertiary alicyclic amines) is 1. The van der Waals surface area contributed by atoms with Crippen LogP contribution in [0.5, 0.6) is 5.75 Å². The van der Waals surface area contributed by atoms with Crippen LogP contribution < -0.4 is 15.8 Å². The highest BCUT2D eigenvalue weighted by molar-refractivity contribution is 6.04. The first-order chi connectivity index (χ1) is 18.3. The minimum atomic E-state index is -5.19. The fraction of sp³-hybridized carbons (Fsp3) is 0.348. The summed E-state index contributed by atoms with van der Waals surface area (Å²) in [7, 11) is 1.10. The lowest BCUT2D eigenvalue weighted by atomic mass is 10.1. The Morgan fingerprint density at radius 2 is 1.97 bits per heavy atom. The number of ether oxygens (including phenoxy) is 2. The van der Waals surface area contributed by atoms with Crippen LogP contribution in [0.1, 0.15) is 16.2 Å². The number of alkyl halides is 4. The molecule has 3 atom stereocenters. The molecule has 39 heavy (non-hydrogen) atoms. The summed E-state index contributed by atoms with van der Waals surface area (Å²) in [6.45, 7) is 0.513. The molecular weight excluding hydrogens is 535 g/mol. The molecule has 0 spiro atoms.